The molecule has 1 aromatic rings. The van der Waals surface area contributed by atoms with Crippen molar-refractivity contribution in [2.24, 2.45) is 0 Å². The molecule has 0 aliphatic carbocycles. The smallest absolute Gasteiger partial charge is 0.0514 e. The van der Waals surface area contributed by atoms with Gasteiger partial charge in [0.1, 0.15) is 0 Å². The van der Waals surface area contributed by atoms with E-state index >= 15 is 0 Å². The van der Waals surface area contributed by atoms with Crippen LogP contribution < -0.4 is 5.32 Å². The quantitative estimate of drug-likeness (QED) is 0.821. The second-order valence-corrected chi connectivity index (χ2v) is 4.83. The van der Waals surface area contributed by atoms with Gasteiger partial charge in [0, 0.05) is 17.9 Å². The largest absolute Gasteiger partial charge is 0.311 e. The zero-order valence-corrected chi connectivity index (χ0v) is 11.7. The van der Waals surface area contributed by atoms with Gasteiger partial charge >= 0.3 is 0 Å². The summed E-state index contributed by atoms with van der Waals surface area (Å²) in [6, 6.07) is 4.42. The molecule has 96 valence electrons. The summed E-state index contributed by atoms with van der Waals surface area (Å²) in [5, 5.41) is 3.43. The minimum absolute atomic E-state index is 0.0707. The lowest BCUT2D eigenvalue weighted by Gasteiger charge is -2.43. The number of hydrogen-bond acceptors (Lipinski definition) is 3. The molecule has 0 saturated heterocycles. The molecular weight excluding hydrogens is 210 g/mol. The molecule has 1 heterocycles. The van der Waals surface area contributed by atoms with Gasteiger partial charge in [0.15, 0.2) is 0 Å². The molecule has 0 aliphatic heterocycles. The maximum Gasteiger partial charge on any atom is 0.0514 e. The summed E-state index contributed by atoms with van der Waals surface area (Å²) < 4.78 is 0. The van der Waals surface area contributed by atoms with E-state index < -0.39 is 0 Å². The Morgan fingerprint density at radius 1 is 1.35 bits per heavy atom. The van der Waals surface area contributed by atoms with E-state index in [0.717, 1.165) is 13.1 Å². The SMILES string of the molecule is CCN(CC)C(C)(C)C(NC)c1cccnc1. The van der Waals surface area contributed by atoms with Crippen LogP contribution in [0.1, 0.15) is 39.3 Å². The van der Waals surface area contributed by atoms with Crippen LogP contribution in [0.2, 0.25) is 0 Å². The van der Waals surface area contributed by atoms with Crippen molar-refractivity contribution in [1.82, 2.24) is 15.2 Å². The number of hydrogen-bond donors (Lipinski definition) is 1. The predicted molar refractivity (Wildman–Crippen MR) is 73.0 cm³/mol. The highest BCUT2D eigenvalue weighted by Gasteiger charge is 2.34. The number of aromatic nitrogens is 1. The molecule has 0 amide bonds. The monoisotopic (exact) mass is 235 g/mol. The minimum Gasteiger partial charge on any atom is -0.311 e. The summed E-state index contributed by atoms with van der Waals surface area (Å²) >= 11 is 0. The van der Waals surface area contributed by atoms with Gasteiger partial charge in [-0.1, -0.05) is 19.9 Å². The highest BCUT2D eigenvalue weighted by Crippen LogP contribution is 2.30. The first-order valence-electron chi connectivity index (χ1n) is 6.40. The van der Waals surface area contributed by atoms with Crippen LogP contribution in [0.3, 0.4) is 0 Å². The fourth-order valence-corrected chi connectivity index (χ4v) is 2.70. The molecule has 0 fully saturated rings. The topological polar surface area (TPSA) is 28.2 Å². The third-order valence-electron chi connectivity index (χ3n) is 3.59. The maximum atomic E-state index is 4.22. The molecule has 1 aromatic heterocycles. The molecule has 1 rings (SSSR count). The predicted octanol–water partition coefficient (Wildman–Crippen LogP) is 2.46. The Morgan fingerprint density at radius 3 is 2.41 bits per heavy atom. The van der Waals surface area contributed by atoms with Crippen LogP contribution in [-0.2, 0) is 0 Å². The number of nitrogens with one attached hydrogen (secondary N) is 1. The van der Waals surface area contributed by atoms with Gasteiger partial charge in [-0.2, -0.15) is 0 Å². The lowest BCUT2D eigenvalue weighted by molar-refractivity contribution is 0.0943. The summed E-state index contributed by atoms with van der Waals surface area (Å²) in [6.07, 6.45) is 3.77. The molecule has 17 heavy (non-hydrogen) atoms. The molecule has 0 bridgehead atoms. The Bertz CT molecular complexity index is 317. The molecule has 0 spiro atoms. The van der Waals surface area contributed by atoms with E-state index in [0.29, 0.717) is 0 Å². The highest BCUT2D eigenvalue weighted by molar-refractivity contribution is 5.18. The van der Waals surface area contributed by atoms with E-state index in [-0.39, 0.29) is 11.6 Å². The van der Waals surface area contributed by atoms with Crippen molar-refractivity contribution in [1.29, 1.82) is 0 Å². The van der Waals surface area contributed by atoms with Gasteiger partial charge in [-0.25, -0.2) is 0 Å². The van der Waals surface area contributed by atoms with Crippen molar-refractivity contribution in [3.05, 3.63) is 30.1 Å². The molecular formula is C14H25N3. The maximum absolute atomic E-state index is 4.22. The third kappa shape index (κ3) is 3.05. The van der Waals surface area contributed by atoms with Crippen LogP contribution >= 0.6 is 0 Å². The molecule has 0 aliphatic rings. The molecule has 1 unspecified atom stereocenters. The van der Waals surface area contributed by atoms with Crippen molar-refractivity contribution in [3.63, 3.8) is 0 Å². The van der Waals surface area contributed by atoms with E-state index in [2.05, 4.69) is 49.0 Å². The Labute approximate surface area is 105 Å². The van der Waals surface area contributed by atoms with Gasteiger partial charge in [-0.05, 0) is 45.6 Å². The van der Waals surface area contributed by atoms with Crippen LogP contribution in [0.5, 0.6) is 0 Å². The van der Waals surface area contributed by atoms with Crippen molar-refractivity contribution in [3.8, 4) is 0 Å². The summed E-state index contributed by atoms with van der Waals surface area (Å²) in [5.74, 6) is 0. The number of likely N-dealkylation sites (N-methyl/N-ethyl adjacent to an activating group) is 2. The lowest BCUT2D eigenvalue weighted by atomic mass is 9.87. The molecule has 0 aromatic carbocycles. The fourth-order valence-electron chi connectivity index (χ4n) is 2.70. The Hall–Kier alpha value is -0.930. The number of rotatable bonds is 6. The zero-order valence-electron chi connectivity index (χ0n) is 11.7. The molecule has 0 radical (unpaired) electrons. The van der Waals surface area contributed by atoms with Gasteiger partial charge < -0.3 is 5.32 Å². The summed E-state index contributed by atoms with van der Waals surface area (Å²) in [5.41, 5.74) is 1.31. The first-order valence-corrected chi connectivity index (χ1v) is 6.40. The van der Waals surface area contributed by atoms with Crippen molar-refractivity contribution >= 4 is 0 Å². The van der Waals surface area contributed by atoms with Gasteiger partial charge in [-0.15, -0.1) is 0 Å². The first kappa shape index (κ1) is 14.1. The molecule has 0 saturated carbocycles. The van der Waals surface area contributed by atoms with Gasteiger partial charge in [-0.3, -0.25) is 9.88 Å². The molecule has 3 nitrogen and oxygen atoms in total. The summed E-state index contributed by atoms with van der Waals surface area (Å²) in [4.78, 5) is 6.69. The zero-order chi connectivity index (χ0) is 12.9. The molecule has 1 atom stereocenters. The van der Waals surface area contributed by atoms with Crippen LogP contribution in [0.15, 0.2) is 24.5 Å². The summed E-state index contributed by atoms with van der Waals surface area (Å²) in [7, 11) is 2.02. The lowest BCUT2D eigenvalue weighted by Crippen LogP contribution is -2.51. The first-order chi connectivity index (χ1) is 8.07. The minimum atomic E-state index is 0.0707. The van der Waals surface area contributed by atoms with E-state index in [4.69, 9.17) is 0 Å². The van der Waals surface area contributed by atoms with E-state index in [1.54, 1.807) is 0 Å². The second-order valence-electron chi connectivity index (χ2n) is 4.83. The van der Waals surface area contributed by atoms with Crippen LogP contribution in [0.4, 0.5) is 0 Å². The van der Waals surface area contributed by atoms with Crippen LogP contribution in [-0.4, -0.2) is 35.6 Å². The van der Waals surface area contributed by atoms with Gasteiger partial charge in [0.25, 0.3) is 0 Å². The van der Waals surface area contributed by atoms with Crippen molar-refractivity contribution < 1.29 is 0 Å². The third-order valence-corrected chi connectivity index (χ3v) is 3.59. The molecule has 1 N–H and O–H groups in total. The average Bonchev–Trinajstić information content (AvgIpc) is 2.32. The van der Waals surface area contributed by atoms with Crippen LogP contribution in [0, 0.1) is 0 Å². The van der Waals surface area contributed by atoms with E-state index in [9.17, 15) is 0 Å². The van der Waals surface area contributed by atoms with Crippen LogP contribution in [0.25, 0.3) is 0 Å². The van der Waals surface area contributed by atoms with Gasteiger partial charge in [0.05, 0.1) is 6.04 Å². The van der Waals surface area contributed by atoms with Gasteiger partial charge in [0.2, 0.25) is 0 Å². The number of nitrogens with zero attached hydrogens (tertiary/aromatic N) is 2. The average molecular weight is 235 g/mol. The van der Waals surface area contributed by atoms with Crippen molar-refractivity contribution in [2.75, 3.05) is 20.1 Å². The highest BCUT2D eigenvalue weighted by atomic mass is 15.2. The van der Waals surface area contributed by atoms with E-state index in [1.807, 2.05) is 25.5 Å². The Kier molecular flexibility index (Phi) is 5.09. The van der Waals surface area contributed by atoms with E-state index in [1.165, 1.54) is 5.56 Å². The Balaban J connectivity index is 3.01. The standard InChI is InChI=1S/C14H25N3/c1-6-17(7-2)14(3,4)13(15-5)12-9-8-10-16-11-12/h8-11,13,15H,6-7H2,1-5H3. The van der Waals surface area contributed by atoms with Crippen molar-refractivity contribution in [2.45, 2.75) is 39.3 Å². The normalized spacial score (nSPS) is 14.0. The summed E-state index contributed by atoms with van der Waals surface area (Å²) in [6.45, 7) is 11.1. The second kappa shape index (κ2) is 6.12. The Morgan fingerprint density at radius 2 is 2.00 bits per heavy atom. The molecule has 3 heteroatoms. The fraction of sp³-hybridized carbons (Fsp3) is 0.643. The number of pyridine rings is 1.